The Labute approximate surface area is 207 Å². The van der Waals surface area contributed by atoms with Crippen molar-refractivity contribution >= 4 is 49.7 Å². The second-order valence-corrected chi connectivity index (χ2v) is 11.1. The van der Waals surface area contributed by atoms with Gasteiger partial charge in [-0.05, 0) is 35.9 Å². The lowest BCUT2D eigenvalue weighted by atomic mass is 10.1. The molecular formula is C22H23Cl2N3O4S2. The maximum Gasteiger partial charge on any atom is 0.247 e. The van der Waals surface area contributed by atoms with Crippen LogP contribution in [0, 0.1) is 0 Å². The number of benzene rings is 2. The van der Waals surface area contributed by atoms with Gasteiger partial charge in [-0.3, -0.25) is 0 Å². The van der Waals surface area contributed by atoms with Crippen LogP contribution < -0.4 is 14.4 Å². The number of ether oxygens (including phenoxy) is 2. The second-order valence-electron chi connectivity index (χ2n) is 7.48. The summed E-state index contributed by atoms with van der Waals surface area (Å²) in [4.78, 5) is 6.95. The molecule has 4 rings (SSSR count). The molecule has 1 aliphatic rings. The molecule has 11 heteroatoms. The number of sulfonamides is 1. The highest BCUT2D eigenvalue weighted by Crippen LogP contribution is 2.32. The second kappa shape index (κ2) is 10.1. The summed E-state index contributed by atoms with van der Waals surface area (Å²) in [6.07, 6.45) is 0.626. The Hall–Kier alpha value is -2.04. The van der Waals surface area contributed by atoms with Crippen LogP contribution in [0.4, 0.5) is 5.13 Å². The number of thiazole rings is 1. The average Bonchev–Trinajstić information content (AvgIpc) is 3.26. The van der Waals surface area contributed by atoms with Crippen LogP contribution in [-0.4, -0.2) is 58.1 Å². The fourth-order valence-electron chi connectivity index (χ4n) is 3.69. The van der Waals surface area contributed by atoms with Crippen LogP contribution in [0.2, 0.25) is 10.0 Å². The van der Waals surface area contributed by atoms with Gasteiger partial charge in [0.05, 0.1) is 19.9 Å². The number of methoxy groups -OCH3 is 2. The Balaban J connectivity index is 1.44. The fourth-order valence-corrected chi connectivity index (χ4v) is 6.73. The quantitative estimate of drug-likeness (QED) is 0.448. The Bertz CT molecular complexity index is 1220. The van der Waals surface area contributed by atoms with Gasteiger partial charge in [0.1, 0.15) is 16.4 Å². The molecular weight excluding hydrogens is 505 g/mol. The van der Waals surface area contributed by atoms with E-state index in [2.05, 4.69) is 4.90 Å². The molecule has 0 radical (unpaired) electrons. The van der Waals surface area contributed by atoms with Gasteiger partial charge < -0.3 is 14.4 Å². The van der Waals surface area contributed by atoms with Gasteiger partial charge in [0.25, 0.3) is 0 Å². The van der Waals surface area contributed by atoms with Crippen molar-refractivity contribution in [1.82, 2.24) is 9.29 Å². The molecule has 0 bridgehead atoms. The largest absolute Gasteiger partial charge is 0.497 e. The molecule has 2 aromatic carbocycles. The van der Waals surface area contributed by atoms with Crippen LogP contribution in [0.5, 0.6) is 11.5 Å². The van der Waals surface area contributed by atoms with E-state index in [0.29, 0.717) is 54.1 Å². The molecule has 0 unspecified atom stereocenters. The number of hydrogen-bond acceptors (Lipinski definition) is 7. The number of nitrogens with zero attached hydrogens (tertiary/aromatic N) is 3. The van der Waals surface area contributed by atoms with Gasteiger partial charge in [-0.15, -0.1) is 11.3 Å². The summed E-state index contributed by atoms with van der Waals surface area (Å²) in [5.41, 5.74) is 1.91. The first-order chi connectivity index (χ1) is 15.8. The first kappa shape index (κ1) is 24.1. The van der Waals surface area contributed by atoms with Gasteiger partial charge in [-0.1, -0.05) is 23.2 Å². The number of hydrogen-bond donors (Lipinski definition) is 0. The molecule has 1 aliphatic heterocycles. The maximum atomic E-state index is 13.3. The predicted molar refractivity (Wildman–Crippen MR) is 132 cm³/mol. The van der Waals surface area contributed by atoms with Crippen LogP contribution in [0.15, 0.2) is 46.7 Å². The normalized spacial score (nSPS) is 15.0. The molecule has 1 fully saturated rings. The van der Waals surface area contributed by atoms with E-state index >= 15 is 0 Å². The molecule has 0 aliphatic carbocycles. The summed E-state index contributed by atoms with van der Waals surface area (Å²) in [6.45, 7) is 1.78. The monoisotopic (exact) mass is 527 g/mol. The van der Waals surface area contributed by atoms with Crippen molar-refractivity contribution in [2.75, 3.05) is 45.3 Å². The molecule has 0 amide bonds. The van der Waals surface area contributed by atoms with Crippen LogP contribution in [0.25, 0.3) is 0 Å². The van der Waals surface area contributed by atoms with Crippen molar-refractivity contribution in [2.24, 2.45) is 0 Å². The topological polar surface area (TPSA) is 72.0 Å². The summed E-state index contributed by atoms with van der Waals surface area (Å²) in [7, 11) is -0.772. The summed E-state index contributed by atoms with van der Waals surface area (Å²) >= 11 is 13.7. The Morgan fingerprint density at radius 3 is 2.33 bits per heavy atom. The number of aromatic nitrogens is 1. The SMILES string of the molecule is COc1ccc(OC)c(S(=O)(=O)N2CCN(c3nc(Cc4cc(Cl)cc(Cl)c4)cs3)CC2)c1. The molecule has 33 heavy (non-hydrogen) atoms. The summed E-state index contributed by atoms with van der Waals surface area (Å²) in [5.74, 6) is 0.758. The third kappa shape index (κ3) is 5.38. The Morgan fingerprint density at radius 1 is 1.00 bits per heavy atom. The highest BCUT2D eigenvalue weighted by atomic mass is 35.5. The fraction of sp³-hybridized carbons (Fsp3) is 0.318. The first-order valence-corrected chi connectivity index (χ1v) is 13.2. The van der Waals surface area contributed by atoms with Gasteiger partial charge in [0.2, 0.25) is 10.0 Å². The number of halogens is 2. The van der Waals surface area contributed by atoms with E-state index in [1.807, 2.05) is 17.5 Å². The predicted octanol–water partition coefficient (Wildman–Crippen LogP) is 4.57. The van der Waals surface area contributed by atoms with Crippen molar-refractivity contribution in [3.8, 4) is 11.5 Å². The minimum Gasteiger partial charge on any atom is -0.497 e. The zero-order chi connectivity index (χ0) is 23.6. The van der Waals surface area contributed by atoms with Crippen LogP contribution in [0.1, 0.15) is 11.3 Å². The van der Waals surface area contributed by atoms with Crippen molar-refractivity contribution in [1.29, 1.82) is 0 Å². The van der Waals surface area contributed by atoms with Crippen molar-refractivity contribution in [3.05, 3.63) is 63.1 Å². The van der Waals surface area contributed by atoms with E-state index in [9.17, 15) is 8.42 Å². The smallest absolute Gasteiger partial charge is 0.247 e. The Kier molecular flexibility index (Phi) is 7.35. The highest BCUT2D eigenvalue weighted by Gasteiger charge is 2.32. The van der Waals surface area contributed by atoms with E-state index in [4.69, 9.17) is 37.7 Å². The number of piperazine rings is 1. The number of anilines is 1. The molecule has 0 N–H and O–H groups in total. The van der Waals surface area contributed by atoms with E-state index in [1.54, 1.807) is 29.5 Å². The van der Waals surface area contributed by atoms with Crippen LogP contribution in [0.3, 0.4) is 0 Å². The van der Waals surface area contributed by atoms with Gasteiger partial charge in [0.15, 0.2) is 5.13 Å². The molecule has 1 saturated heterocycles. The first-order valence-electron chi connectivity index (χ1n) is 10.2. The third-order valence-electron chi connectivity index (χ3n) is 5.34. The molecule has 1 aromatic heterocycles. The zero-order valence-corrected chi connectivity index (χ0v) is 21.3. The maximum absolute atomic E-state index is 13.3. The molecule has 176 valence electrons. The minimum atomic E-state index is -3.73. The summed E-state index contributed by atoms with van der Waals surface area (Å²) < 4.78 is 38.5. The van der Waals surface area contributed by atoms with Crippen molar-refractivity contribution in [2.45, 2.75) is 11.3 Å². The van der Waals surface area contributed by atoms with Crippen molar-refractivity contribution in [3.63, 3.8) is 0 Å². The van der Waals surface area contributed by atoms with E-state index in [0.717, 1.165) is 16.4 Å². The van der Waals surface area contributed by atoms with Gasteiger partial charge in [0, 0.05) is 54.1 Å². The average molecular weight is 528 g/mol. The molecule has 2 heterocycles. The summed E-state index contributed by atoms with van der Waals surface area (Å²) in [6, 6.07) is 10.2. The third-order valence-corrected chi connectivity index (χ3v) is 8.65. The summed E-state index contributed by atoms with van der Waals surface area (Å²) in [5, 5.41) is 4.07. The lowest BCUT2D eigenvalue weighted by Gasteiger charge is -2.34. The molecule has 0 saturated carbocycles. The zero-order valence-electron chi connectivity index (χ0n) is 18.1. The standard InChI is InChI=1S/C22H23Cl2N3O4S2/c1-30-19-3-4-20(31-2)21(13-19)33(28,29)27-7-5-26(6-8-27)22-25-18(14-32-22)11-15-9-16(23)12-17(24)10-15/h3-4,9-10,12-14H,5-8,11H2,1-2H3. The highest BCUT2D eigenvalue weighted by molar-refractivity contribution is 7.89. The van der Waals surface area contributed by atoms with Crippen molar-refractivity contribution < 1.29 is 17.9 Å². The molecule has 0 atom stereocenters. The Morgan fingerprint density at radius 2 is 1.70 bits per heavy atom. The van der Waals surface area contributed by atoms with Gasteiger partial charge in [-0.2, -0.15) is 4.31 Å². The van der Waals surface area contributed by atoms with Gasteiger partial charge in [-0.25, -0.2) is 13.4 Å². The van der Waals surface area contributed by atoms with E-state index in [1.165, 1.54) is 24.6 Å². The minimum absolute atomic E-state index is 0.106. The van der Waals surface area contributed by atoms with Crippen LogP contribution >= 0.6 is 34.5 Å². The van der Waals surface area contributed by atoms with E-state index < -0.39 is 10.0 Å². The number of rotatable bonds is 7. The molecule has 7 nitrogen and oxygen atoms in total. The molecule has 3 aromatic rings. The lowest BCUT2D eigenvalue weighted by molar-refractivity contribution is 0.370. The lowest BCUT2D eigenvalue weighted by Crippen LogP contribution is -2.48. The van der Waals surface area contributed by atoms with Gasteiger partial charge >= 0.3 is 0 Å². The molecule has 0 spiro atoms. The van der Waals surface area contributed by atoms with E-state index in [-0.39, 0.29) is 4.90 Å². The van der Waals surface area contributed by atoms with Crippen LogP contribution in [-0.2, 0) is 16.4 Å².